The first-order valence-corrected chi connectivity index (χ1v) is 17.1. The predicted octanol–water partition coefficient (Wildman–Crippen LogP) is 12.5. The summed E-state index contributed by atoms with van der Waals surface area (Å²) in [6, 6.07) is 0. The summed E-state index contributed by atoms with van der Waals surface area (Å²) < 4.78 is 0. The summed E-state index contributed by atoms with van der Waals surface area (Å²) in [5.74, 6) is 0.967. The Morgan fingerprint density at radius 1 is 0.432 bits per heavy atom. The Morgan fingerprint density at radius 2 is 0.811 bits per heavy atom. The van der Waals surface area contributed by atoms with E-state index in [1.54, 1.807) is 0 Å². The van der Waals surface area contributed by atoms with Gasteiger partial charge in [-0.2, -0.15) is 0 Å². The topological polar surface area (TPSA) is 3.24 Å². The Balaban J connectivity index is 3.64. The van der Waals surface area contributed by atoms with Gasteiger partial charge in [-0.15, -0.1) is 0 Å². The first kappa shape index (κ1) is 36.4. The van der Waals surface area contributed by atoms with Crippen molar-refractivity contribution in [3.05, 3.63) is 24.3 Å². The molecule has 0 spiro atoms. The maximum absolute atomic E-state index is 2.40. The number of rotatable bonds is 30. The van der Waals surface area contributed by atoms with Gasteiger partial charge in [0, 0.05) is 0 Å². The molecule has 0 aromatic heterocycles. The molecule has 0 aliphatic rings. The summed E-state index contributed by atoms with van der Waals surface area (Å²) in [4.78, 5) is 2.38. The van der Waals surface area contributed by atoms with Crippen LogP contribution >= 0.6 is 0 Å². The Morgan fingerprint density at radius 3 is 1.27 bits per heavy atom. The van der Waals surface area contributed by atoms with Gasteiger partial charge >= 0.3 is 0 Å². The zero-order valence-corrected chi connectivity index (χ0v) is 26.4. The molecule has 0 aromatic rings. The fourth-order valence-electron chi connectivity index (χ4n) is 5.39. The predicted molar refractivity (Wildman–Crippen MR) is 172 cm³/mol. The molecule has 0 radical (unpaired) electrons. The third-order valence-electron chi connectivity index (χ3n) is 8.01. The number of hydrogen-bond donors (Lipinski definition) is 0. The maximum Gasteiger partial charge on any atom is -0.00222 e. The van der Waals surface area contributed by atoms with E-state index in [4.69, 9.17) is 0 Å². The van der Waals surface area contributed by atoms with Crippen LogP contribution in [0.4, 0.5) is 0 Å². The van der Waals surface area contributed by atoms with Crippen molar-refractivity contribution in [1.82, 2.24) is 4.90 Å². The van der Waals surface area contributed by atoms with Crippen LogP contribution in [0.5, 0.6) is 0 Å². The molecule has 0 rings (SSSR count). The Labute approximate surface area is 236 Å². The van der Waals surface area contributed by atoms with Crippen LogP contribution in [0.25, 0.3) is 0 Å². The Kier molecular flexibility index (Phi) is 31.2. The fraction of sp³-hybridized carbons (Fsp3) is 0.889. The van der Waals surface area contributed by atoms with Gasteiger partial charge in [-0.05, 0) is 65.1 Å². The molecule has 0 aromatic carbocycles. The third kappa shape index (κ3) is 31.6. The zero-order chi connectivity index (χ0) is 27.1. The van der Waals surface area contributed by atoms with E-state index in [2.05, 4.69) is 57.1 Å². The number of nitrogens with zero attached hydrogens (tertiary/aromatic N) is 1. The minimum atomic E-state index is 0.967. The lowest BCUT2D eigenvalue weighted by Crippen LogP contribution is -2.17. The normalized spacial score (nSPS) is 13.0. The Hall–Kier alpha value is -0.560. The molecule has 0 bridgehead atoms. The van der Waals surface area contributed by atoms with Gasteiger partial charge in [0.15, 0.2) is 0 Å². The molecular weight excluding hydrogens is 446 g/mol. The highest BCUT2D eigenvalue weighted by atomic mass is 15.0. The van der Waals surface area contributed by atoms with Gasteiger partial charge in [-0.25, -0.2) is 0 Å². The second kappa shape index (κ2) is 31.7. The average Bonchev–Trinajstić information content (AvgIpc) is 2.89. The van der Waals surface area contributed by atoms with Crippen LogP contribution in [0.2, 0.25) is 0 Å². The molecule has 1 unspecified atom stereocenters. The maximum atomic E-state index is 2.40. The second-order valence-corrected chi connectivity index (χ2v) is 12.2. The van der Waals surface area contributed by atoms with E-state index in [-0.39, 0.29) is 0 Å². The monoisotopic (exact) mass is 518 g/mol. The summed E-state index contributed by atoms with van der Waals surface area (Å²) in [6.07, 6.45) is 46.2. The van der Waals surface area contributed by atoms with E-state index in [1.165, 1.54) is 167 Å². The molecule has 0 aliphatic carbocycles. The summed E-state index contributed by atoms with van der Waals surface area (Å²) in [5, 5.41) is 0. The van der Waals surface area contributed by atoms with Crippen molar-refractivity contribution in [1.29, 1.82) is 0 Å². The van der Waals surface area contributed by atoms with E-state index >= 15 is 0 Å². The van der Waals surface area contributed by atoms with E-state index in [0.717, 1.165) is 12.3 Å². The zero-order valence-electron chi connectivity index (χ0n) is 26.4. The lowest BCUT2D eigenvalue weighted by atomic mass is 9.91. The van der Waals surface area contributed by atoms with Gasteiger partial charge in [0.2, 0.25) is 0 Å². The van der Waals surface area contributed by atoms with Crippen molar-refractivity contribution in [2.24, 2.45) is 5.92 Å². The highest BCUT2D eigenvalue weighted by Gasteiger charge is 2.09. The quantitative estimate of drug-likeness (QED) is 0.0676. The van der Waals surface area contributed by atoms with Gasteiger partial charge in [-0.1, -0.05) is 167 Å². The van der Waals surface area contributed by atoms with Gasteiger partial charge in [0.25, 0.3) is 0 Å². The van der Waals surface area contributed by atoms with Crippen LogP contribution < -0.4 is 0 Å². The lowest BCUT2D eigenvalue weighted by Gasteiger charge is -2.19. The minimum Gasteiger partial charge on any atom is -0.309 e. The molecule has 0 fully saturated rings. The molecule has 0 amide bonds. The molecule has 0 aliphatic heterocycles. The van der Waals surface area contributed by atoms with Crippen LogP contribution in [0.15, 0.2) is 24.3 Å². The number of unbranched alkanes of at least 4 members (excludes halogenated alkanes) is 19. The van der Waals surface area contributed by atoms with Crippen LogP contribution in [0, 0.1) is 5.92 Å². The minimum absolute atomic E-state index is 0.967. The van der Waals surface area contributed by atoms with Crippen LogP contribution in [0.3, 0.4) is 0 Å². The number of hydrogen-bond acceptors (Lipinski definition) is 1. The summed E-state index contributed by atoms with van der Waals surface area (Å²) in [5.41, 5.74) is 0. The highest BCUT2D eigenvalue weighted by molar-refractivity contribution is 4.92. The third-order valence-corrected chi connectivity index (χ3v) is 8.01. The van der Waals surface area contributed by atoms with E-state index in [9.17, 15) is 0 Å². The van der Waals surface area contributed by atoms with Crippen molar-refractivity contribution in [2.75, 3.05) is 20.6 Å². The second-order valence-electron chi connectivity index (χ2n) is 12.2. The summed E-state index contributed by atoms with van der Waals surface area (Å²) >= 11 is 0. The SMILES string of the molecule is CCCCC/C=C\C/C=C\CCCCCCCCCC(CCCCCCCCCCCC)CCN(C)C. The highest BCUT2D eigenvalue weighted by Crippen LogP contribution is 2.22. The van der Waals surface area contributed by atoms with Crippen molar-refractivity contribution in [3.8, 4) is 0 Å². The van der Waals surface area contributed by atoms with Crippen molar-refractivity contribution >= 4 is 0 Å². The van der Waals surface area contributed by atoms with Crippen LogP contribution in [0.1, 0.15) is 181 Å². The molecule has 1 nitrogen and oxygen atoms in total. The fourth-order valence-corrected chi connectivity index (χ4v) is 5.39. The molecule has 0 heterocycles. The van der Waals surface area contributed by atoms with Crippen molar-refractivity contribution < 1.29 is 0 Å². The average molecular weight is 518 g/mol. The Bertz CT molecular complexity index is 463. The van der Waals surface area contributed by atoms with Crippen molar-refractivity contribution in [3.63, 3.8) is 0 Å². The van der Waals surface area contributed by atoms with Crippen LogP contribution in [-0.4, -0.2) is 25.5 Å². The van der Waals surface area contributed by atoms with E-state index in [0.29, 0.717) is 0 Å². The van der Waals surface area contributed by atoms with E-state index in [1.807, 2.05) is 0 Å². The van der Waals surface area contributed by atoms with E-state index < -0.39 is 0 Å². The molecule has 0 saturated heterocycles. The molecule has 0 saturated carbocycles. The van der Waals surface area contributed by atoms with Crippen LogP contribution in [-0.2, 0) is 0 Å². The molecule has 1 heteroatoms. The number of allylic oxidation sites excluding steroid dienone is 4. The molecule has 220 valence electrons. The van der Waals surface area contributed by atoms with Crippen molar-refractivity contribution in [2.45, 2.75) is 181 Å². The standard InChI is InChI=1S/C36H71N/c1-5-7-9-11-13-15-17-18-19-20-21-22-23-25-27-29-31-33-36(34-35-37(3)4)32-30-28-26-24-16-14-12-10-8-6-2/h13,15,18-19,36H,5-12,14,16-17,20-35H2,1-4H3/b15-13-,19-18-. The first-order valence-electron chi connectivity index (χ1n) is 17.1. The molecule has 37 heavy (non-hydrogen) atoms. The van der Waals surface area contributed by atoms with Gasteiger partial charge in [-0.3, -0.25) is 0 Å². The molecule has 0 N–H and O–H groups in total. The lowest BCUT2D eigenvalue weighted by molar-refractivity contribution is 0.314. The summed E-state index contributed by atoms with van der Waals surface area (Å²) in [6.45, 7) is 5.85. The van der Waals surface area contributed by atoms with Gasteiger partial charge < -0.3 is 4.90 Å². The molecular formula is C36H71N. The summed E-state index contributed by atoms with van der Waals surface area (Å²) in [7, 11) is 4.47. The van der Waals surface area contributed by atoms with Gasteiger partial charge in [0.1, 0.15) is 0 Å². The largest absolute Gasteiger partial charge is 0.309 e. The smallest absolute Gasteiger partial charge is 0.00222 e. The first-order chi connectivity index (χ1) is 18.2. The van der Waals surface area contributed by atoms with Gasteiger partial charge in [0.05, 0.1) is 0 Å². The molecule has 1 atom stereocenters.